The van der Waals surface area contributed by atoms with E-state index < -0.39 is 0 Å². The molecule has 2 aromatic heterocycles. The molecule has 0 amide bonds. The number of hydrogen-bond donors (Lipinski definition) is 1. The summed E-state index contributed by atoms with van der Waals surface area (Å²) in [7, 11) is 3.25. The van der Waals surface area contributed by atoms with Crippen molar-refractivity contribution in [3.05, 3.63) is 39.8 Å². The van der Waals surface area contributed by atoms with E-state index >= 15 is 0 Å². The fourth-order valence-corrected chi connectivity index (χ4v) is 1.34. The fraction of sp³-hybridized carbons (Fsp3) is 0.385. The number of aryl methyl sites for hydroxylation is 1. The van der Waals surface area contributed by atoms with E-state index in [0.29, 0.717) is 17.5 Å². The second-order valence-electron chi connectivity index (χ2n) is 3.31. The second kappa shape index (κ2) is 8.25. The summed E-state index contributed by atoms with van der Waals surface area (Å²) in [5, 5.41) is 2.92. The fourth-order valence-electron chi connectivity index (χ4n) is 1.34. The summed E-state index contributed by atoms with van der Waals surface area (Å²) >= 11 is 0. The van der Waals surface area contributed by atoms with Gasteiger partial charge in [-0.15, -0.1) is 0 Å². The minimum Gasteiger partial charge on any atom is -0.388 e. The highest BCUT2D eigenvalue weighted by Crippen LogP contribution is 2.02. The molecule has 0 spiro atoms. The van der Waals surface area contributed by atoms with Crippen molar-refractivity contribution in [3.63, 3.8) is 0 Å². The molecule has 0 unspecified atom stereocenters. The number of nitrogens with one attached hydrogen (secondary N) is 1. The lowest BCUT2D eigenvalue weighted by Gasteiger charge is -1.98. The number of ether oxygens (including phenoxy) is 1. The third-order valence-electron chi connectivity index (χ3n) is 1.92. The number of aromatic amines is 1. The van der Waals surface area contributed by atoms with Gasteiger partial charge in [0.1, 0.15) is 11.2 Å². The summed E-state index contributed by atoms with van der Waals surface area (Å²) in [4.78, 5) is 21.9. The summed E-state index contributed by atoms with van der Waals surface area (Å²) in [5.74, 6) is 0. The van der Waals surface area contributed by atoms with Gasteiger partial charge in [0.05, 0.1) is 0 Å². The van der Waals surface area contributed by atoms with Crippen LogP contribution in [-0.2, 0) is 4.74 Å². The average Bonchev–Trinajstić information content (AvgIpc) is 2.75. The molecule has 2 rings (SSSR count). The van der Waals surface area contributed by atoms with Crippen LogP contribution in [0.25, 0.3) is 5.52 Å². The Labute approximate surface area is 106 Å². The highest BCUT2D eigenvalue weighted by atomic mass is 16.4. The topological polar surface area (TPSA) is 63.6 Å². The maximum Gasteiger partial charge on any atom is 0.205 e. The number of aldehydes is 1. The molecule has 0 radical (unpaired) electrons. The lowest BCUT2D eigenvalue weighted by atomic mass is 10.4. The minimum atomic E-state index is -0.0793. The molecule has 0 fully saturated rings. The maximum atomic E-state index is 11.4. The van der Waals surface area contributed by atoms with E-state index in [0.717, 1.165) is 5.69 Å². The molecule has 2 heterocycles. The van der Waals surface area contributed by atoms with Crippen molar-refractivity contribution in [1.29, 1.82) is 0 Å². The zero-order chi connectivity index (χ0) is 14.1. The van der Waals surface area contributed by atoms with Gasteiger partial charge in [0.25, 0.3) is 0 Å². The van der Waals surface area contributed by atoms with Crippen LogP contribution in [0.15, 0.2) is 23.0 Å². The number of carbonyl (C=O) groups excluding carboxylic acids is 1. The Bertz CT molecular complexity index is 541. The van der Waals surface area contributed by atoms with Crippen LogP contribution in [0.3, 0.4) is 0 Å². The van der Waals surface area contributed by atoms with E-state index in [9.17, 15) is 9.59 Å². The standard InChI is InChI=1S/C9H8N2O2.C2H6O.C2H6/c1-6-4-9(13)8-3-2-7(5-12)11(8)10-6;1-3-2;1-2/h2-5,10H,1H3;1-2H3;1-2H3. The predicted molar refractivity (Wildman–Crippen MR) is 72.4 cm³/mol. The SMILES string of the molecule is CC.COC.Cc1cc(=O)c2ccc(C=O)n2[nH]1. The molecule has 1 N–H and O–H groups in total. The van der Waals surface area contributed by atoms with Crippen LogP contribution in [0.2, 0.25) is 0 Å². The van der Waals surface area contributed by atoms with Crippen LogP contribution in [0.4, 0.5) is 0 Å². The van der Waals surface area contributed by atoms with Gasteiger partial charge in [0.15, 0.2) is 6.29 Å². The van der Waals surface area contributed by atoms with E-state index in [1.807, 2.05) is 13.8 Å². The third-order valence-corrected chi connectivity index (χ3v) is 1.92. The van der Waals surface area contributed by atoms with Gasteiger partial charge in [-0.05, 0) is 19.1 Å². The van der Waals surface area contributed by atoms with Crippen molar-refractivity contribution in [2.45, 2.75) is 20.8 Å². The molecule has 5 heteroatoms. The predicted octanol–water partition coefficient (Wildman–Crippen LogP) is 2.04. The van der Waals surface area contributed by atoms with Crippen molar-refractivity contribution in [2.24, 2.45) is 0 Å². The van der Waals surface area contributed by atoms with Crippen LogP contribution in [0, 0.1) is 6.92 Å². The zero-order valence-electron chi connectivity index (χ0n) is 11.5. The van der Waals surface area contributed by atoms with E-state index in [1.165, 1.54) is 10.6 Å². The average molecular weight is 252 g/mol. The first-order chi connectivity index (χ1) is 8.63. The zero-order valence-corrected chi connectivity index (χ0v) is 11.5. The van der Waals surface area contributed by atoms with Crippen LogP contribution in [0.1, 0.15) is 30.0 Å². The molecular formula is C13H20N2O3. The van der Waals surface area contributed by atoms with Crippen molar-refractivity contribution in [3.8, 4) is 0 Å². The summed E-state index contributed by atoms with van der Waals surface area (Å²) < 4.78 is 5.74. The molecule has 0 aliphatic carbocycles. The Morgan fingerprint density at radius 1 is 1.28 bits per heavy atom. The molecule has 2 aromatic rings. The van der Waals surface area contributed by atoms with Gasteiger partial charge < -0.3 is 4.74 Å². The molecule has 5 nitrogen and oxygen atoms in total. The molecule has 18 heavy (non-hydrogen) atoms. The van der Waals surface area contributed by atoms with Crippen LogP contribution >= 0.6 is 0 Å². The molecule has 0 saturated carbocycles. The quantitative estimate of drug-likeness (QED) is 0.790. The summed E-state index contributed by atoms with van der Waals surface area (Å²) in [5.41, 5.74) is 1.60. The van der Waals surface area contributed by atoms with Crippen molar-refractivity contribution >= 4 is 11.8 Å². The molecule has 0 saturated heterocycles. The van der Waals surface area contributed by atoms with Gasteiger partial charge in [0, 0.05) is 26.0 Å². The number of fused-ring (bicyclic) bond motifs is 1. The molecule has 0 aliphatic rings. The Hall–Kier alpha value is -1.88. The third kappa shape index (κ3) is 3.85. The van der Waals surface area contributed by atoms with E-state index in [-0.39, 0.29) is 5.43 Å². The van der Waals surface area contributed by atoms with Gasteiger partial charge in [0.2, 0.25) is 5.43 Å². The smallest absolute Gasteiger partial charge is 0.205 e. The Morgan fingerprint density at radius 2 is 1.83 bits per heavy atom. The highest BCUT2D eigenvalue weighted by Gasteiger charge is 2.03. The van der Waals surface area contributed by atoms with Crippen molar-refractivity contribution < 1.29 is 9.53 Å². The molecule has 0 aromatic carbocycles. The van der Waals surface area contributed by atoms with Crippen molar-refractivity contribution in [2.75, 3.05) is 14.2 Å². The van der Waals surface area contributed by atoms with Gasteiger partial charge in [-0.2, -0.15) is 0 Å². The Kier molecular flexibility index (Phi) is 7.38. The van der Waals surface area contributed by atoms with Crippen LogP contribution in [-0.4, -0.2) is 30.1 Å². The normalized spacial score (nSPS) is 8.94. The number of methoxy groups -OCH3 is 1. The molecular weight excluding hydrogens is 232 g/mol. The maximum absolute atomic E-state index is 11.4. The van der Waals surface area contributed by atoms with Gasteiger partial charge in [-0.1, -0.05) is 13.8 Å². The summed E-state index contributed by atoms with van der Waals surface area (Å²) in [6.45, 7) is 5.77. The molecule has 0 bridgehead atoms. The molecule has 0 atom stereocenters. The lowest BCUT2D eigenvalue weighted by molar-refractivity contribution is 0.111. The minimum absolute atomic E-state index is 0.0793. The first-order valence-electron chi connectivity index (χ1n) is 5.70. The van der Waals surface area contributed by atoms with Crippen LogP contribution in [0.5, 0.6) is 0 Å². The number of H-pyrrole nitrogens is 1. The largest absolute Gasteiger partial charge is 0.388 e. The number of rotatable bonds is 1. The van der Waals surface area contributed by atoms with Crippen LogP contribution < -0.4 is 5.43 Å². The van der Waals surface area contributed by atoms with Gasteiger partial charge in [-0.25, -0.2) is 4.52 Å². The number of aromatic nitrogens is 2. The monoisotopic (exact) mass is 252 g/mol. The highest BCUT2D eigenvalue weighted by molar-refractivity contribution is 5.75. The molecule has 0 aliphatic heterocycles. The van der Waals surface area contributed by atoms with E-state index in [1.54, 1.807) is 33.3 Å². The van der Waals surface area contributed by atoms with Gasteiger partial charge >= 0.3 is 0 Å². The van der Waals surface area contributed by atoms with E-state index in [4.69, 9.17) is 0 Å². The van der Waals surface area contributed by atoms with E-state index in [2.05, 4.69) is 9.84 Å². The number of nitrogens with zero attached hydrogens (tertiary/aromatic N) is 1. The summed E-state index contributed by atoms with van der Waals surface area (Å²) in [6, 6.07) is 4.74. The number of carbonyl (C=O) groups is 1. The lowest BCUT2D eigenvalue weighted by Crippen LogP contribution is -2.09. The summed E-state index contributed by atoms with van der Waals surface area (Å²) in [6.07, 6.45) is 0.711. The Morgan fingerprint density at radius 3 is 2.33 bits per heavy atom. The van der Waals surface area contributed by atoms with Crippen molar-refractivity contribution in [1.82, 2.24) is 9.61 Å². The first kappa shape index (κ1) is 16.1. The second-order valence-corrected chi connectivity index (χ2v) is 3.31. The Balaban J connectivity index is 0.000000509. The number of hydrogen-bond acceptors (Lipinski definition) is 3. The molecule has 100 valence electrons. The first-order valence-corrected chi connectivity index (χ1v) is 5.70. The van der Waals surface area contributed by atoms with Gasteiger partial charge in [-0.3, -0.25) is 14.7 Å².